The SMILES string of the molecule is CCn1nc(C)c(Cl)c1Cn1cnc(CCN)c1. The van der Waals surface area contributed by atoms with Crippen LogP contribution in [0.5, 0.6) is 0 Å². The Morgan fingerprint density at radius 1 is 1.44 bits per heavy atom. The van der Waals surface area contributed by atoms with Crippen molar-refractivity contribution in [1.82, 2.24) is 19.3 Å². The van der Waals surface area contributed by atoms with Crippen molar-refractivity contribution in [2.75, 3.05) is 6.54 Å². The molecule has 0 fully saturated rings. The van der Waals surface area contributed by atoms with Crippen molar-refractivity contribution < 1.29 is 0 Å². The molecule has 6 heteroatoms. The first-order valence-corrected chi connectivity index (χ1v) is 6.46. The van der Waals surface area contributed by atoms with Crippen LogP contribution in [0, 0.1) is 6.92 Å². The summed E-state index contributed by atoms with van der Waals surface area (Å²) in [7, 11) is 0. The van der Waals surface area contributed by atoms with Crippen LogP contribution in [0.25, 0.3) is 0 Å². The van der Waals surface area contributed by atoms with E-state index in [4.69, 9.17) is 17.3 Å². The summed E-state index contributed by atoms with van der Waals surface area (Å²) in [4.78, 5) is 4.30. The van der Waals surface area contributed by atoms with E-state index < -0.39 is 0 Å². The van der Waals surface area contributed by atoms with E-state index in [-0.39, 0.29) is 0 Å². The van der Waals surface area contributed by atoms with Gasteiger partial charge in [-0.2, -0.15) is 5.10 Å². The quantitative estimate of drug-likeness (QED) is 0.895. The fourth-order valence-electron chi connectivity index (χ4n) is 1.96. The molecule has 0 aliphatic heterocycles. The molecule has 0 amide bonds. The summed E-state index contributed by atoms with van der Waals surface area (Å²) in [6.07, 6.45) is 4.61. The highest BCUT2D eigenvalue weighted by molar-refractivity contribution is 6.31. The molecule has 0 atom stereocenters. The van der Waals surface area contributed by atoms with Crippen LogP contribution in [0.3, 0.4) is 0 Å². The maximum Gasteiger partial charge on any atom is 0.0953 e. The Bertz CT molecular complexity index is 529. The first-order valence-electron chi connectivity index (χ1n) is 6.08. The highest BCUT2D eigenvalue weighted by atomic mass is 35.5. The third kappa shape index (κ3) is 2.57. The van der Waals surface area contributed by atoms with Crippen LogP contribution in [0.2, 0.25) is 5.02 Å². The second kappa shape index (κ2) is 5.54. The number of hydrogen-bond donors (Lipinski definition) is 1. The van der Waals surface area contributed by atoms with E-state index in [2.05, 4.69) is 17.0 Å². The zero-order chi connectivity index (χ0) is 13.1. The summed E-state index contributed by atoms with van der Waals surface area (Å²) in [6.45, 7) is 6.09. The van der Waals surface area contributed by atoms with E-state index in [0.29, 0.717) is 13.1 Å². The van der Waals surface area contributed by atoms with E-state index in [0.717, 1.165) is 35.1 Å². The van der Waals surface area contributed by atoms with Gasteiger partial charge < -0.3 is 10.3 Å². The van der Waals surface area contributed by atoms with Gasteiger partial charge in [0.1, 0.15) is 0 Å². The van der Waals surface area contributed by atoms with Crippen LogP contribution in [0.4, 0.5) is 0 Å². The lowest BCUT2D eigenvalue weighted by atomic mass is 10.3. The zero-order valence-corrected chi connectivity index (χ0v) is 11.5. The van der Waals surface area contributed by atoms with Crippen molar-refractivity contribution in [3.05, 3.63) is 34.6 Å². The highest BCUT2D eigenvalue weighted by Gasteiger charge is 2.13. The Morgan fingerprint density at radius 2 is 2.22 bits per heavy atom. The van der Waals surface area contributed by atoms with E-state index in [9.17, 15) is 0 Å². The number of aryl methyl sites for hydroxylation is 2. The molecule has 0 spiro atoms. The molecule has 18 heavy (non-hydrogen) atoms. The summed E-state index contributed by atoms with van der Waals surface area (Å²) < 4.78 is 3.94. The molecule has 0 saturated heterocycles. The summed E-state index contributed by atoms with van der Waals surface area (Å²) in [5, 5.41) is 5.14. The van der Waals surface area contributed by atoms with Gasteiger partial charge in [0.05, 0.1) is 35.0 Å². The molecular formula is C12H18ClN5. The normalized spacial score (nSPS) is 11.1. The van der Waals surface area contributed by atoms with Crippen LogP contribution in [0.15, 0.2) is 12.5 Å². The monoisotopic (exact) mass is 267 g/mol. The Kier molecular flexibility index (Phi) is 4.04. The van der Waals surface area contributed by atoms with Gasteiger partial charge in [-0.25, -0.2) is 4.98 Å². The fraction of sp³-hybridized carbons (Fsp3) is 0.500. The van der Waals surface area contributed by atoms with Crippen molar-refractivity contribution in [1.29, 1.82) is 0 Å². The molecule has 0 saturated carbocycles. The lowest BCUT2D eigenvalue weighted by Crippen LogP contribution is -2.07. The van der Waals surface area contributed by atoms with Crippen LogP contribution in [0.1, 0.15) is 24.0 Å². The number of rotatable bonds is 5. The second-order valence-corrected chi connectivity index (χ2v) is 4.62. The number of imidazole rings is 1. The van der Waals surface area contributed by atoms with Gasteiger partial charge in [-0.15, -0.1) is 0 Å². The molecule has 2 aromatic rings. The predicted molar refractivity (Wildman–Crippen MR) is 71.7 cm³/mol. The van der Waals surface area contributed by atoms with Crippen LogP contribution in [-0.2, 0) is 19.5 Å². The number of nitrogens with zero attached hydrogens (tertiary/aromatic N) is 4. The molecule has 0 radical (unpaired) electrons. The maximum atomic E-state index is 6.27. The van der Waals surface area contributed by atoms with Gasteiger partial charge in [0.25, 0.3) is 0 Å². The predicted octanol–water partition coefficient (Wildman–Crippen LogP) is 1.61. The van der Waals surface area contributed by atoms with Gasteiger partial charge in [0.15, 0.2) is 0 Å². The Morgan fingerprint density at radius 3 is 2.89 bits per heavy atom. The van der Waals surface area contributed by atoms with Crippen molar-refractivity contribution >= 4 is 11.6 Å². The smallest absolute Gasteiger partial charge is 0.0953 e. The third-order valence-corrected chi connectivity index (χ3v) is 3.36. The average Bonchev–Trinajstić information content (AvgIpc) is 2.90. The Labute approximate surface area is 112 Å². The first kappa shape index (κ1) is 13.1. The van der Waals surface area contributed by atoms with Crippen molar-refractivity contribution in [2.24, 2.45) is 5.73 Å². The largest absolute Gasteiger partial charge is 0.331 e. The molecule has 2 aromatic heterocycles. The molecule has 0 unspecified atom stereocenters. The zero-order valence-electron chi connectivity index (χ0n) is 10.7. The number of aromatic nitrogens is 4. The fourth-order valence-corrected chi connectivity index (χ4v) is 2.16. The maximum absolute atomic E-state index is 6.27. The van der Waals surface area contributed by atoms with Crippen LogP contribution < -0.4 is 5.73 Å². The molecule has 98 valence electrons. The first-order chi connectivity index (χ1) is 8.65. The molecule has 2 heterocycles. The molecule has 0 aromatic carbocycles. The van der Waals surface area contributed by atoms with Gasteiger partial charge in [-0.1, -0.05) is 11.6 Å². The van der Waals surface area contributed by atoms with Crippen molar-refractivity contribution in [3.8, 4) is 0 Å². The van der Waals surface area contributed by atoms with E-state index in [1.54, 1.807) is 0 Å². The lowest BCUT2D eigenvalue weighted by Gasteiger charge is -2.05. The number of halogens is 1. The van der Waals surface area contributed by atoms with Crippen LogP contribution in [-0.4, -0.2) is 25.9 Å². The van der Waals surface area contributed by atoms with Crippen LogP contribution >= 0.6 is 11.6 Å². The minimum absolute atomic E-state index is 0.615. The van der Waals surface area contributed by atoms with Gasteiger partial charge >= 0.3 is 0 Å². The molecule has 0 aliphatic carbocycles. The summed E-state index contributed by atoms with van der Waals surface area (Å²) in [5.41, 5.74) is 8.41. The van der Waals surface area contributed by atoms with Crippen molar-refractivity contribution in [3.63, 3.8) is 0 Å². The van der Waals surface area contributed by atoms with Gasteiger partial charge in [0, 0.05) is 19.2 Å². The van der Waals surface area contributed by atoms with E-state index in [1.807, 2.05) is 28.7 Å². The van der Waals surface area contributed by atoms with Gasteiger partial charge in [0.2, 0.25) is 0 Å². The van der Waals surface area contributed by atoms with Gasteiger partial charge in [-0.05, 0) is 20.4 Å². The molecule has 0 bridgehead atoms. The summed E-state index contributed by atoms with van der Waals surface area (Å²) in [5.74, 6) is 0. The second-order valence-electron chi connectivity index (χ2n) is 4.24. The lowest BCUT2D eigenvalue weighted by molar-refractivity contribution is 0.597. The molecule has 0 aliphatic rings. The molecule has 2 N–H and O–H groups in total. The van der Waals surface area contributed by atoms with Gasteiger partial charge in [-0.3, -0.25) is 4.68 Å². The van der Waals surface area contributed by atoms with E-state index in [1.165, 1.54) is 0 Å². The number of hydrogen-bond acceptors (Lipinski definition) is 3. The summed E-state index contributed by atoms with van der Waals surface area (Å²) in [6, 6.07) is 0. The topological polar surface area (TPSA) is 61.7 Å². The molecular weight excluding hydrogens is 250 g/mol. The highest BCUT2D eigenvalue weighted by Crippen LogP contribution is 2.21. The minimum Gasteiger partial charge on any atom is -0.331 e. The third-order valence-electron chi connectivity index (χ3n) is 2.87. The Balaban J connectivity index is 2.22. The standard InChI is InChI=1S/C12H18ClN5/c1-3-18-11(12(13)9(2)16-18)7-17-6-10(4-5-14)15-8-17/h6,8H,3-5,7,14H2,1-2H3. The molecule has 5 nitrogen and oxygen atoms in total. The average molecular weight is 268 g/mol. The summed E-state index contributed by atoms with van der Waals surface area (Å²) >= 11 is 6.27. The van der Waals surface area contributed by atoms with Crippen molar-refractivity contribution in [2.45, 2.75) is 33.4 Å². The minimum atomic E-state index is 0.615. The number of nitrogens with two attached hydrogens (primary N) is 1. The molecule has 2 rings (SSSR count). The Hall–Kier alpha value is -1.33. The van der Waals surface area contributed by atoms with E-state index >= 15 is 0 Å².